The van der Waals surface area contributed by atoms with E-state index in [-0.39, 0.29) is 46.6 Å². The van der Waals surface area contributed by atoms with E-state index >= 15 is 0 Å². The maximum Gasteiger partial charge on any atom is 0.334 e. The first-order valence-corrected chi connectivity index (χ1v) is 10.8. The van der Waals surface area contributed by atoms with Gasteiger partial charge in [0.05, 0.1) is 18.4 Å². The highest BCUT2D eigenvalue weighted by Crippen LogP contribution is 2.63. The minimum absolute atomic E-state index is 0.0173. The summed E-state index contributed by atoms with van der Waals surface area (Å²) in [5.41, 5.74) is 1.47. The molecule has 0 spiro atoms. The van der Waals surface area contributed by atoms with E-state index in [1.165, 1.54) is 0 Å². The largest absolute Gasteiger partial charge is 0.472 e. The molecular formula is C24H32O5. The van der Waals surface area contributed by atoms with Crippen molar-refractivity contribution in [2.45, 2.75) is 72.5 Å². The summed E-state index contributed by atoms with van der Waals surface area (Å²) in [5, 5.41) is 0. The van der Waals surface area contributed by atoms with Crippen molar-refractivity contribution < 1.29 is 23.5 Å². The molecule has 4 rings (SSSR count). The molecule has 2 heterocycles. The standard InChI is InChI=1S/C24H32O5/c1-14(2)21(25)29-19-11-16-17(24(5)9-6-8-23(3,4)20(19)24)12-18(28-22(16)26)15-7-10-27-13-15/h7,10-11,13-14,17-20H,6,8-9,12H2,1-5H3/t17-,18+,19-,20-,24+/m0/s1. The molecular weight excluding hydrogens is 368 g/mol. The van der Waals surface area contributed by atoms with Gasteiger partial charge < -0.3 is 13.9 Å². The Morgan fingerprint density at radius 2 is 2.00 bits per heavy atom. The van der Waals surface area contributed by atoms with Crippen LogP contribution in [-0.4, -0.2) is 18.0 Å². The Labute approximate surface area is 172 Å². The number of cyclic esters (lactones) is 1. The van der Waals surface area contributed by atoms with Gasteiger partial charge in [-0.2, -0.15) is 0 Å². The van der Waals surface area contributed by atoms with Gasteiger partial charge in [0.25, 0.3) is 0 Å². The molecule has 1 aliphatic heterocycles. The van der Waals surface area contributed by atoms with E-state index < -0.39 is 6.10 Å². The van der Waals surface area contributed by atoms with Gasteiger partial charge in [-0.1, -0.05) is 41.0 Å². The maximum absolute atomic E-state index is 13.0. The Bertz CT molecular complexity index is 818. The third-order valence-corrected chi connectivity index (χ3v) is 7.51. The number of ether oxygens (including phenoxy) is 2. The van der Waals surface area contributed by atoms with Crippen LogP contribution < -0.4 is 0 Å². The second-order valence-corrected chi connectivity index (χ2v) is 10.2. The van der Waals surface area contributed by atoms with Crippen LogP contribution >= 0.6 is 0 Å². The first-order chi connectivity index (χ1) is 13.6. The fourth-order valence-corrected chi connectivity index (χ4v) is 6.18. The summed E-state index contributed by atoms with van der Waals surface area (Å²) < 4.78 is 17.0. The van der Waals surface area contributed by atoms with Crippen molar-refractivity contribution in [2.75, 3.05) is 0 Å². The average Bonchev–Trinajstić information content (AvgIpc) is 3.16. The molecule has 158 valence electrons. The first-order valence-electron chi connectivity index (χ1n) is 10.8. The zero-order valence-electron chi connectivity index (χ0n) is 18.1. The van der Waals surface area contributed by atoms with E-state index in [0.717, 1.165) is 31.2 Å². The SMILES string of the molecule is CC(C)C(=O)O[C@H]1C=C2C(=O)O[C@@H](c3ccoc3)C[C@@H]2[C@@]2(C)CCCC(C)(C)[C@H]12. The van der Waals surface area contributed by atoms with Crippen molar-refractivity contribution >= 4 is 11.9 Å². The molecule has 29 heavy (non-hydrogen) atoms. The lowest BCUT2D eigenvalue weighted by atomic mass is 9.47. The van der Waals surface area contributed by atoms with Crippen LogP contribution in [0.1, 0.15) is 72.0 Å². The minimum Gasteiger partial charge on any atom is -0.472 e. The number of hydrogen-bond acceptors (Lipinski definition) is 5. The molecule has 1 saturated carbocycles. The highest BCUT2D eigenvalue weighted by atomic mass is 16.6. The first kappa shape index (κ1) is 20.2. The number of carbonyl (C=O) groups excluding carboxylic acids is 2. The number of esters is 2. The molecule has 0 amide bonds. The van der Waals surface area contributed by atoms with Gasteiger partial charge in [-0.15, -0.1) is 0 Å². The van der Waals surface area contributed by atoms with Crippen molar-refractivity contribution in [1.82, 2.24) is 0 Å². The summed E-state index contributed by atoms with van der Waals surface area (Å²) in [5.74, 6) is -0.457. The molecule has 3 aliphatic rings. The summed E-state index contributed by atoms with van der Waals surface area (Å²) in [4.78, 5) is 25.5. The fourth-order valence-electron chi connectivity index (χ4n) is 6.18. The summed E-state index contributed by atoms with van der Waals surface area (Å²) in [6, 6.07) is 1.87. The van der Waals surface area contributed by atoms with Crippen molar-refractivity contribution in [3.05, 3.63) is 35.8 Å². The number of fused-ring (bicyclic) bond motifs is 3. The van der Waals surface area contributed by atoms with Crippen LogP contribution in [0.3, 0.4) is 0 Å². The normalized spacial score (nSPS) is 35.9. The molecule has 0 unspecified atom stereocenters. The highest BCUT2D eigenvalue weighted by Gasteiger charge is 2.59. The van der Waals surface area contributed by atoms with Gasteiger partial charge >= 0.3 is 11.9 Å². The van der Waals surface area contributed by atoms with Crippen molar-refractivity contribution in [1.29, 1.82) is 0 Å². The molecule has 0 bridgehead atoms. The van der Waals surface area contributed by atoms with Gasteiger partial charge in [0.2, 0.25) is 0 Å². The molecule has 1 aromatic heterocycles. The Kier molecular flexibility index (Phi) is 4.91. The van der Waals surface area contributed by atoms with Crippen LogP contribution in [0.25, 0.3) is 0 Å². The van der Waals surface area contributed by atoms with Gasteiger partial charge in [0.1, 0.15) is 12.2 Å². The Hall–Kier alpha value is -2.04. The van der Waals surface area contributed by atoms with E-state index in [4.69, 9.17) is 13.9 Å². The number of furan rings is 1. The van der Waals surface area contributed by atoms with Gasteiger partial charge in [-0.05, 0) is 42.2 Å². The number of carbonyl (C=O) groups is 2. The second-order valence-electron chi connectivity index (χ2n) is 10.2. The van der Waals surface area contributed by atoms with Gasteiger partial charge in [-0.3, -0.25) is 4.79 Å². The molecule has 2 fully saturated rings. The van der Waals surface area contributed by atoms with Crippen molar-refractivity contribution in [3.8, 4) is 0 Å². The Balaban J connectivity index is 1.76. The predicted molar refractivity (Wildman–Crippen MR) is 108 cm³/mol. The predicted octanol–water partition coefficient (Wildman–Crippen LogP) is 5.22. The van der Waals surface area contributed by atoms with Crippen LogP contribution in [0.4, 0.5) is 0 Å². The zero-order valence-corrected chi connectivity index (χ0v) is 18.1. The van der Waals surface area contributed by atoms with Crippen molar-refractivity contribution in [3.63, 3.8) is 0 Å². The van der Waals surface area contributed by atoms with Crippen molar-refractivity contribution in [2.24, 2.45) is 28.6 Å². The minimum atomic E-state index is -0.394. The summed E-state index contributed by atoms with van der Waals surface area (Å²) >= 11 is 0. The summed E-state index contributed by atoms with van der Waals surface area (Å²) in [6.07, 6.45) is 8.45. The van der Waals surface area contributed by atoms with E-state index in [9.17, 15) is 9.59 Å². The van der Waals surface area contributed by atoms with Gasteiger partial charge in [0.15, 0.2) is 0 Å². The van der Waals surface area contributed by atoms with E-state index in [1.54, 1.807) is 12.5 Å². The maximum atomic E-state index is 13.0. The van der Waals surface area contributed by atoms with Crippen LogP contribution in [0, 0.1) is 28.6 Å². The lowest BCUT2D eigenvalue weighted by Gasteiger charge is -2.59. The molecule has 5 heteroatoms. The molecule has 2 aliphatic carbocycles. The third kappa shape index (κ3) is 3.32. The highest BCUT2D eigenvalue weighted by molar-refractivity contribution is 5.90. The molecule has 1 saturated heterocycles. The number of hydrogen-bond donors (Lipinski definition) is 0. The quantitative estimate of drug-likeness (QED) is 0.651. The van der Waals surface area contributed by atoms with E-state index in [2.05, 4.69) is 20.8 Å². The van der Waals surface area contributed by atoms with Crippen LogP contribution in [-0.2, 0) is 19.1 Å². The van der Waals surface area contributed by atoms with Crippen LogP contribution in [0.15, 0.2) is 34.7 Å². The Morgan fingerprint density at radius 3 is 2.66 bits per heavy atom. The number of rotatable bonds is 3. The van der Waals surface area contributed by atoms with Crippen LogP contribution in [0.2, 0.25) is 0 Å². The molecule has 0 N–H and O–H groups in total. The van der Waals surface area contributed by atoms with E-state index in [1.807, 2.05) is 26.0 Å². The second kappa shape index (κ2) is 7.03. The Morgan fingerprint density at radius 1 is 1.24 bits per heavy atom. The van der Waals surface area contributed by atoms with Gasteiger partial charge in [0, 0.05) is 23.0 Å². The molecule has 5 atom stereocenters. The zero-order chi connectivity index (χ0) is 21.0. The lowest BCUT2D eigenvalue weighted by molar-refractivity contribution is -0.176. The van der Waals surface area contributed by atoms with E-state index in [0.29, 0.717) is 5.57 Å². The molecule has 1 aromatic rings. The topological polar surface area (TPSA) is 65.7 Å². The van der Waals surface area contributed by atoms with Gasteiger partial charge in [-0.25, -0.2) is 4.79 Å². The summed E-state index contributed by atoms with van der Waals surface area (Å²) in [7, 11) is 0. The molecule has 0 radical (unpaired) electrons. The smallest absolute Gasteiger partial charge is 0.334 e. The molecule has 0 aromatic carbocycles. The third-order valence-electron chi connectivity index (χ3n) is 7.51. The summed E-state index contributed by atoms with van der Waals surface area (Å²) in [6.45, 7) is 10.5. The monoisotopic (exact) mass is 400 g/mol. The average molecular weight is 401 g/mol. The van der Waals surface area contributed by atoms with Crippen LogP contribution in [0.5, 0.6) is 0 Å². The lowest BCUT2D eigenvalue weighted by Crippen LogP contribution is -2.57. The fraction of sp³-hybridized carbons (Fsp3) is 0.667. The molecule has 5 nitrogen and oxygen atoms in total.